The van der Waals surface area contributed by atoms with Gasteiger partial charge >= 0.3 is 12.1 Å². The topological polar surface area (TPSA) is 88.5 Å². The monoisotopic (exact) mass is 280 g/mol. The summed E-state index contributed by atoms with van der Waals surface area (Å²) in [7, 11) is 0. The molecule has 110 valence electrons. The van der Waals surface area contributed by atoms with Crippen LogP contribution in [0.2, 0.25) is 0 Å². The Kier molecular flexibility index (Phi) is 5.07. The zero-order chi connectivity index (χ0) is 15.3. The molecule has 2 N–H and O–H groups in total. The van der Waals surface area contributed by atoms with Gasteiger partial charge in [-0.3, -0.25) is 4.98 Å². The van der Waals surface area contributed by atoms with Crippen molar-refractivity contribution in [1.29, 1.82) is 0 Å². The summed E-state index contributed by atoms with van der Waals surface area (Å²) in [4.78, 5) is 27.0. The third-order valence-corrected chi connectivity index (χ3v) is 2.53. The van der Waals surface area contributed by atoms with E-state index in [2.05, 4.69) is 10.3 Å². The van der Waals surface area contributed by atoms with Crippen molar-refractivity contribution in [3.63, 3.8) is 0 Å². The Labute approximate surface area is 118 Å². The molecule has 1 aromatic heterocycles. The van der Waals surface area contributed by atoms with E-state index in [1.807, 2.05) is 0 Å². The Bertz CT molecular complexity index is 494. The van der Waals surface area contributed by atoms with Gasteiger partial charge in [0.2, 0.25) is 0 Å². The first kappa shape index (κ1) is 15.9. The highest BCUT2D eigenvalue weighted by Gasteiger charge is 2.24. The summed E-state index contributed by atoms with van der Waals surface area (Å²) in [5, 5.41) is 11.5. The first-order valence-electron chi connectivity index (χ1n) is 6.32. The fourth-order valence-electron chi connectivity index (χ4n) is 1.60. The van der Waals surface area contributed by atoms with Crippen molar-refractivity contribution in [3.8, 4) is 0 Å². The Morgan fingerprint density at radius 3 is 2.60 bits per heavy atom. The highest BCUT2D eigenvalue weighted by atomic mass is 16.6. The Morgan fingerprint density at radius 1 is 1.45 bits per heavy atom. The molecule has 1 unspecified atom stereocenters. The number of nitrogens with one attached hydrogen (secondary N) is 1. The molecular formula is C14H20N2O4. The minimum Gasteiger partial charge on any atom is -0.480 e. The highest BCUT2D eigenvalue weighted by Crippen LogP contribution is 2.10. The van der Waals surface area contributed by atoms with Crippen LogP contribution in [0, 0.1) is 6.92 Å². The van der Waals surface area contributed by atoms with Crippen LogP contribution in [0.3, 0.4) is 0 Å². The van der Waals surface area contributed by atoms with E-state index in [1.54, 1.807) is 46.0 Å². The summed E-state index contributed by atoms with van der Waals surface area (Å²) in [6.07, 6.45) is 1.05. The van der Waals surface area contributed by atoms with Gasteiger partial charge in [0.25, 0.3) is 0 Å². The largest absolute Gasteiger partial charge is 0.480 e. The number of aliphatic carboxylic acids is 1. The third kappa shape index (κ3) is 5.26. The molecule has 0 bridgehead atoms. The Hall–Kier alpha value is -2.11. The van der Waals surface area contributed by atoms with Gasteiger partial charge in [-0.2, -0.15) is 0 Å². The summed E-state index contributed by atoms with van der Waals surface area (Å²) >= 11 is 0. The standard InChI is InChI=1S/C14H20N2O4/c1-9-10(6-5-7-15-9)8-11(12(17)18)16-13(19)20-14(2,3)4/h5-7,11H,8H2,1-4H3,(H,16,19)(H,17,18). The van der Waals surface area contributed by atoms with Crippen LogP contribution in [0.4, 0.5) is 4.79 Å². The van der Waals surface area contributed by atoms with Gasteiger partial charge in [0, 0.05) is 18.3 Å². The number of alkyl carbamates (subject to hydrolysis) is 1. The molecule has 1 aromatic rings. The molecule has 0 aliphatic heterocycles. The van der Waals surface area contributed by atoms with Gasteiger partial charge in [0.15, 0.2) is 0 Å². The van der Waals surface area contributed by atoms with Gasteiger partial charge in [0.05, 0.1) is 0 Å². The summed E-state index contributed by atoms with van der Waals surface area (Å²) in [6.45, 7) is 6.94. The molecule has 1 rings (SSSR count). The van der Waals surface area contributed by atoms with Gasteiger partial charge in [-0.1, -0.05) is 6.07 Å². The predicted molar refractivity (Wildman–Crippen MR) is 73.5 cm³/mol. The van der Waals surface area contributed by atoms with Crippen molar-refractivity contribution in [2.24, 2.45) is 0 Å². The SMILES string of the molecule is Cc1ncccc1CC(NC(=O)OC(C)(C)C)C(=O)O. The molecule has 1 atom stereocenters. The van der Waals surface area contributed by atoms with Crippen molar-refractivity contribution in [2.45, 2.75) is 45.8 Å². The quantitative estimate of drug-likeness (QED) is 0.879. The van der Waals surface area contributed by atoms with Crippen molar-refractivity contribution in [1.82, 2.24) is 10.3 Å². The van der Waals surface area contributed by atoms with Crippen LogP contribution in [0.1, 0.15) is 32.0 Å². The molecule has 0 aromatic carbocycles. The summed E-state index contributed by atoms with van der Waals surface area (Å²) in [6, 6.07) is 2.47. The molecule has 0 aliphatic rings. The van der Waals surface area contributed by atoms with Crippen LogP contribution < -0.4 is 5.32 Å². The molecule has 0 fully saturated rings. The number of amides is 1. The number of hydrogen-bond donors (Lipinski definition) is 2. The summed E-state index contributed by atoms with van der Waals surface area (Å²) < 4.78 is 5.06. The zero-order valence-electron chi connectivity index (χ0n) is 12.1. The van der Waals surface area contributed by atoms with Crippen molar-refractivity contribution in [3.05, 3.63) is 29.6 Å². The lowest BCUT2D eigenvalue weighted by molar-refractivity contribution is -0.139. The second kappa shape index (κ2) is 6.36. The van der Waals surface area contributed by atoms with Crippen molar-refractivity contribution >= 4 is 12.1 Å². The number of carbonyl (C=O) groups excluding carboxylic acids is 1. The number of carboxylic acids is 1. The van der Waals surface area contributed by atoms with E-state index in [4.69, 9.17) is 4.74 Å². The van der Waals surface area contributed by atoms with E-state index in [1.165, 1.54) is 0 Å². The Balaban J connectivity index is 2.74. The van der Waals surface area contributed by atoms with E-state index in [0.717, 1.165) is 11.3 Å². The number of hydrogen-bond acceptors (Lipinski definition) is 4. The van der Waals surface area contributed by atoms with Crippen LogP contribution in [-0.2, 0) is 16.0 Å². The molecule has 1 amide bonds. The number of aromatic nitrogens is 1. The van der Waals surface area contributed by atoms with Gasteiger partial charge in [0.1, 0.15) is 11.6 Å². The number of pyridine rings is 1. The molecule has 0 spiro atoms. The van der Waals surface area contributed by atoms with Gasteiger partial charge < -0.3 is 15.2 Å². The number of carboxylic acid groups (broad SMARTS) is 1. The minimum absolute atomic E-state index is 0.161. The minimum atomic E-state index is -1.11. The molecule has 0 saturated heterocycles. The average Bonchev–Trinajstić information content (AvgIpc) is 2.28. The van der Waals surface area contributed by atoms with Crippen molar-refractivity contribution < 1.29 is 19.4 Å². The van der Waals surface area contributed by atoms with E-state index in [0.29, 0.717) is 0 Å². The first-order chi connectivity index (χ1) is 9.19. The number of rotatable bonds is 4. The molecule has 6 nitrogen and oxygen atoms in total. The normalized spacial score (nSPS) is 12.6. The maximum atomic E-state index is 11.6. The fraction of sp³-hybridized carbons (Fsp3) is 0.500. The lowest BCUT2D eigenvalue weighted by atomic mass is 10.1. The molecule has 1 heterocycles. The molecule has 0 saturated carbocycles. The second-order valence-electron chi connectivity index (χ2n) is 5.49. The molecular weight excluding hydrogens is 260 g/mol. The van der Waals surface area contributed by atoms with Crippen LogP contribution in [-0.4, -0.2) is 33.8 Å². The third-order valence-electron chi connectivity index (χ3n) is 2.53. The highest BCUT2D eigenvalue weighted by molar-refractivity contribution is 5.80. The lowest BCUT2D eigenvalue weighted by Crippen LogP contribution is -2.44. The van der Waals surface area contributed by atoms with Crippen LogP contribution in [0.25, 0.3) is 0 Å². The second-order valence-corrected chi connectivity index (χ2v) is 5.49. The van der Waals surface area contributed by atoms with Gasteiger partial charge in [-0.15, -0.1) is 0 Å². The first-order valence-corrected chi connectivity index (χ1v) is 6.32. The lowest BCUT2D eigenvalue weighted by Gasteiger charge is -2.22. The van der Waals surface area contributed by atoms with Crippen LogP contribution >= 0.6 is 0 Å². The molecule has 0 radical (unpaired) electrons. The smallest absolute Gasteiger partial charge is 0.408 e. The van der Waals surface area contributed by atoms with E-state index >= 15 is 0 Å². The number of carbonyl (C=O) groups is 2. The van der Waals surface area contributed by atoms with Crippen LogP contribution in [0.5, 0.6) is 0 Å². The van der Waals surface area contributed by atoms with E-state index < -0.39 is 23.7 Å². The fourth-order valence-corrected chi connectivity index (χ4v) is 1.60. The number of nitrogens with zero attached hydrogens (tertiary/aromatic N) is 1. The number of aryl methyl sites for hydroxylation is 1. The predicted octanol–water partition coefficient (Wildman–Crippen LogP) is 1.91. The van der Waals surface area contributed by atoms with E-state index in [9.17, 15) is 14.7 Å². The molecule has 0 aliphatic carbocycles. The summed E-state index contributed by atoms with van der Waals surface area (Å²) in [5.74, 6) is -1.11. The Morgan fingerprint density at radius 2 is 2.10 bits per heavy atom. The molecule has 20 heavy (non-hydrogen) atoms. The zero-order valence-corrected chi connectivity index (χ0v) is 12.1. The van der Waals surface area contributed by atoms with Gasteiger partial charge in [-0.05, 0) is 39.3 Å². The van der Waals surface area contributed by atoms with E-state index in [-0.39, 0.29) is 6.42 Å². The summed E-state index contributed by atoms with van der Waals surface area (Å²) in [5.41, 5.74) is 0.845. The number of ether oxygens (including phenoxy) is 1. The maximum absolute atomic E-state index is 11.6. The molecule has 6 heteroatoms. The van der Waals surface area contributed by atoms with Crippen LogP contribution in [0.15, 0.2) is 18.3 Å². The maximum Gasteiger partial charge on any atom is 0.408 e. The van der Waals surface area contributed by atoms with Crippen molar-refractivity contribution in [2.75, 3.05) is 0 Å². The average molecular weight is 280 g/mol. The van der Waals surface area contributed by atoms with Gasteiger partial charge in [-0.25, -0.2) is 9.59 Å².